The first-order chi connectivity index (χ1) is 12.3. The fraction of sp³-hybridized carbons (Fsp3) is 0.789. The predicted molar refractivity (Wildman–Crippen MR) is 99.4 cm³/mol. The third kappa shape index (κ3) is 7.05. The molecule has 0 radical (unpaired) electrons. The van der Waals surface area contributed by atoms with Gasteiger partial charge in [0.15, 0.2) is 6.10 Å². The molecular formula is C19H34N2O5. The predicted octanol–water partition coefficient (Wildman–Crippen LogP) is 0.843. The number of rotatable bonds is 9. The van der Waals surface area contributed by atoms with Crippen molar-refractivity contribution in [3.63, 3.8) is 0 Å². The van der Waals surface area contributed by atoms with E-state index in [1.54, 1.807) is 18.0 Å². The summed E-state index contributed by atoms with van der Waals surface area (Å²) in [4.78, 5) is 26.4. The molecule has 1 rings (SSSR count). The molecule has 1 aliphatic heterocycles. The van der Waals surface area contributed by atoms with Gasteiger partial charge in [0.25, 0.3) is 5.91 Å². The van der Waals surface area contributed by atoms with Crippen LogP contribution in [-0.2, 0) is 14.3 Å². The van der Waals surface area contributed by atoms with Crippen LogP contribution in [-0.4, -0.2) is 72.0 Å². The second kappa shape index (κ2) is 11.3. The maximum Gasteiger partial charge on any atom is 0.252 e. The number of amides is 2. The van der Waals surface area contributed by atoms with E-state index in [0.29, 0.717) is 18.9 Å². The second-order valence-electron chi connectivity index (χ2n) is 7.11. The second-order valence-corrected chi connectivity index (χ2v) is 7.11. The summed E-state index contributed by atoms with van der Waals surface area (Å²) in [5.74, 6) is -0.329. The van der Waals surface area contributed by atoms with Crippen molar-refractivity contribution in [2.75, 3.05) is 20.7 Å². The lowest BCUT2D eigenvalue weighted by Crippen LogP contribution is -2.52. The van der Waals surface area contributed by atoms with Gasteiger partial charge in [0.05, 0.1) is 12.2 Å². The van der Waals surface area contributed by atoms with E-state index in [9.17, 15) is 19.8 Å². The number of hydrogen-bond acceptors (Lipinski definition) is 5. The molecule has 150 valence electrons. The number of hydrogen-bond donors (Lipinski definition) is 3. The zero-order chi connectivity index (χ0) is 19.7. The molecule has 26 heavy (non-hydrogen) atoms. The standard InChI is InChI=1S/C19H34N2O5/c1-5-13(2)9-10-14(22)12-16(23)17(26-4)18(24)20-15-8-6-7-11-21(3)19(15)25/h9-10,13-17,22-23H,5-8,11-12H2,1-4H3,(H,20,24)/b10-9+/t13?,14-,15?,16-,17?/m1/s1. The van der Waals surface area contributed by atoms with Crippen LogP contribution in [0.4, 0.5) is 0 Å². The molecule has 1 aliphatic rings. The summed E-state index contributed by atoms with van der Waals surface area (Å²) in [7, 11) is 3.05. The van der Waals surface area contributed by atoms with Crippen molar-refractivity contribution in [1.29, 1.82) is 0 Å². The summed E-state index contributed by atoms with van der Waals surface area (Å²) in [5, 5.41) is 23.0. The van der Waals surface area contributed by atoms with Gasteiger partial charge in [-0.2, -0.15) is 0 Å². The summed E-state index contributed by atoms with van der Waals surface area (Å²) in [6, 6.07) is -0.602. The number of carbonyl (C=O) groups excluding carboxylic acids is 2. The van der Waals surface area contributed by atoms with Gasteiger partial charge >= 0.3 is 0 Å². The monoisotopic (exact) mass is 370 g/mol. The molecule has 1 saturated heterocycles. The number of nitrogens with zero attached hydrogens (tertiary/aromatic N) is 1. The number of aliphatic hydroxyl groups excluding tert-OH is 2. The maximum atomic E-state index is 12.5. The molecular weight excluding hydrogens is 336 g/mol. The first-order valence-corrected chi connectivity index (χ1v) is 9.42. The molecule has 5 atom stereocenters. The average Bonchev–Trinajstić information content (AvgIpc) is 2.75. The number of ether oxygens (including phenoxy) is 1. The van der Waals surface area contributed by atoms with Crippen molar-refractivity contribution in [3.05, 3.63) is 12.2 Å². The Morgan fingerprint density at radius 2 is 2.08 bits per heavy atom. The molecule has 0 aromatic carbocycles. The normalized spacial score (nSPS) is 23.4. The van der Waals surface area contributed by atoms with Crippen LogP contribution in [0.1, 0.15) is 46.0 Å². The highest BCUT2D eigenvalue weighted by Crippen LogP contribution is 2.13. The Kier molecular flexibility index (Phi) is 9.83. The van der Waals surface area contributed by atoms with Gasteiger partial charge < -0.3 is 25.2 Å². The molecule has 1 fully saturated rings. The van der Waals surface area contributed by atoms with E-state index in [1.807, 2.05) is 19.9 Å². The number of carbonyl (C=O) groups is 2. The highest BCUT2D eigenvalue weighted by atomic mass is 16.5. The minimum Gasteiger partial charge on any atom is -0.390 e. The zero-order valence-corrected chi connectivity index (χ0v) is 16.4. The SMILES string of the molecule is CCC(C)/C=C/[C@@H](O)C[C@@H](O)C(OC)C(=O)NC1CCCCN(C)C1=O. The van der Waals surface area contributed by atoms with Crippen molar-refractivity contribution in [2.45, 2.75) is 70.3 Å². The Balaban J connectivity index is 2.63. The van der Waals surface area contributed by atoms with Crippen LogP contribution >= 0.6 is 0 Å². The van der Waals surface area contributed by atoms with Gasteiger partial charge in [-0.3, -0.25) is 9.59 Å². The Hall–Kier alpha value is -1.44. The van der Waals surface area contributed by atoms with Crippen LogP contribution in [0.15, 0.2) is 12.2 Å². The first-order valence-electron chi connectivity index (χ1n) is 9.42. The third-order valence-corrected chi connectivity index (χ3v) is 4.88. The Morgan fingerprint density at radius 1 is 1.38 bits per heavy atom. The van der Waals surface area contributed by atoms with E-state index in [2.05, 4.69) is 5.32 Å². The van der Waals surface area contributed by atoms with Gasteiger partial charge in [0, 0.05) is 27.1 Å². The Bertz CT molecular complexity index is 483. The molecule has 3 N–H and O–H groups in total. The lowest BCUT2D eigenvalue weighted by molar-refractivity contribution is -0.143. The lowest BCUT2D eigenvalue weighted by atomic mass is 10.0. The van der Waals surface area contributed by atoms with Gasteiger partial charge in [-0.15, -0.1) is 0 Å². The van der Waals surface area contributed by atoms with Crippen molar-refractivity contribution in [2.24, 2.45) is 5.92 Å². The quantitative estimate of drug-likeness (QED) is 0.523. The van der Waals surface area contributed by atoms with E-state index in [0.717, 1.165) is 19.3 Å². The van der Waals surface area contributed by atoms with E-state index in [1.165, 1.54) is 7.11 Å². The van der Waals surface area contributed by atoms with Gasteiger partial charge in [0.1, 0.15) is 6.04 Å². The summed E-state index contributed by atoms with van der Waals surface area (Å²) >= 11 is 0. The largest absolute Gasteiger partial charge is 0.390 e. The van der Waals surface area contributed by atoms with Gasteiger partial charge in [-0.25, -0.2) is 0 Å². The molecule has 1 heterocycles. The molecule has 0 bridgehead atoms. The van der Waals surface area contributed by atoms with E-state index in [-0.39, 0.29) is 12.3 Å². The molecule has 7 heteroatoms. The number of likely N-dealkylation sites (tertiary alicyclic amines) is 1. The average molecular weight is 370 g/mol. The number of likely N-dealkylation sites (N-methyl/N-ethyl adjacent to an activating group) is 1. The van der Waals surface area contributed by atoms with Gasteiger partial charge in [-0.05, 0) is 25.2 Å². The smallest absolute Gasteiger partial charge is 0.252 e. The van der Waals surface area contributed by atoms with Crippen molar-refractivity contribution in [3.8, 4) is 0 Å². The topological polar surface area (TPSA) is 99.1 Å². The maximum absolute atomic E-state index is 12.5. The first kappa shape index (κ1) is 22.6. The van der Waals surface area contributed by atoms with Crippen LogP contribution in [0, 0.1) is 5.92 Å². The summed E-state index contributed by atoms with van der Waals surface area (Å²) in [5.41, 5.74) is 0. The minimum atomic E-state index is -1.17. The van der Waals surface area contributed by atoms with Crippen molar-refractivity contribution >= 4 is 11.8 Å². The van der Waals surface area contributed by atoms with Crippen molar-refractivity contribution < 1.29 is 24.5 Å². The van der Waals surface area contributed by atoms with Crippen LogP contribution < -0.4 is 5.32 Å². The van der Waals surface area contributed by atoms with Gasteiger partial charge in [-0.1, -0.05) is 32.4 Å². The summed E-state index contributed by atoms with van der Waals surface area (Å²) in [6.45, 7) is 4.76. The van der Waals surface area contributed by atoms with Gasteiger partial charge in [0.2, 0.25) is 5.91 Å². The molecule has 0 saturated carbocycles. The molecule has 7 nitrogen and oxygen atoms in total. The van der Waals surface area contributed by atoms with E-state index < -0.39 is 30.3 Å². The fourth-order valence-electron chi connectivity index (χ4n) is 2.93. The molecule has 0 spiro atoms. The Labute approximate surface area is 156 Å². The summed E-state index contributed by atoms with van der Waals surface area (Å²) in [6.07, 6.45) is 3.61. The van der Waals surface area contributed by atoms with Crippen LogP contribution in [0.2, 0.25) is 0 Å². The fourth-order valence-corrected chi connectivity index (χ4v) is 2.93. The highest BCUT2D eigenvalue weighted by molar-refractivity contribution is 5.89. The number of allylic oxidation sites excluding steroid dienone is 1. The molecule has 0 aromatic heterocycles. The Morgan fingerprint density at radius 3 is 2.69 bits per heavy atom. The van der Waals surface area contributed by atoms with E-state index in [4.69, 9.17) is 4.74 Å². The number of nitrogens with one attached hydrogen (secondary N) is 1. The third-order valence-electron chi connectivity index (χ3n) is 4.88. The van der Waals surface area contributed by atoms with Crippen molar-refractivity contribution in [1.82, 2.24) is 10.2 Å². The molecule has 2 amide bonds. The number of methoxy groups -OCH3 is 1. The molecule has 0 aromatic rings. The lowest BCUT2D eigenvalue weighted by Gasteiger charge is -2.26. The van der Waals surface area contributed by atoms with Crippen LogP contribution in [0.5, 0.6) is 0 Å². The molecule has 0 aliphatic carbocycles. The van der Waals surface area contributed by atoms with E-state index >= 15 is 0 Å². The molecule has 3 unspecified atom stereocenters. The van der Waals surface area contributed by atoms with Crippen LogP contribution in [0.3, 0.4) is 0 Å². The highest BCUT2D eigenvalue weighted by Gasteiger charge is 2.32. The zero-order valence-electron chi connectivity index (χ0n) is 16.4. The number of aliphatic hydroxyl groups is 2. The van der Waals surface area contributed by atoms with Crippen LogP contribution in [0.25, 0.3) is 0 Å². The summed E-state index contributed by atoms with van der Waals surface area (Å²) < 4.78 is 5.13. The minimum absolute atomic E-state index is 0.0165.